The molecule has 92 valence electrons. The zero-order valence-electron chi connectivity index (χ0n) is 9.64. The van der Waals surface area contributed by atoms with Crippen molar-refractivity contribution < 1.29 is 4.79 Å². The first kappa shape index (κ1) is 12.5. The smallest absolute Gasteiger partial charge is 0.306 e. The van der Waals surface area contributed by atoms with Gasteiger partial charge in [0.1, 0.15) is 5.82 Å². The van der Waals surface area contributed by atoms with Crippen molar-refractivity contribution in [1.29, 1.82) is 0 Å². The van der Waals surface area contributed by atoms with Crippen molar-refractivity contribution in [2.75, 3.05) is 10.6 Å². The Labute approximate surface area is 113 Å². The third kappa shape index (κ3) is 3.27. The van der Waals surface area contributed by atoms with Crippen molar-refractivity contribution in [3.8, 4) is 0 Å². The number of carbonyl (C=O) groups excluding carboxylic acids is 1. The first-order chi connectivity index (χ1) is 8.65. The normalized spacial score (nSPS) is 9.89. The molecule has 0 aliphatic heterocycles. The number of pyridine rings is 2. The highest BCUT2D eigenvalue weighted by Gasteiger charge is 2.05. The number of hydrogen-bond acceptors (Lipinski definition) is 3. The number of aryl methyl sites for hydroxylation is 1. The third-order valence-electron chi connectivity index (χ3n) is 2.22. The quantitative estimate of drug-likeness (QED) is 0.895. The van der Waals surface area contributed by atoms with Crippen molar-refractivity contribution in [2.45, 2.75) is 6.92 Å². The Morgan fingerprint density at radius 3 is 2.72 bits per heavy atom. The van der Waals surface area contributed by atoms with E-state index in [1.165, 1.54) is 0 Å². The molecule has 2 rings (SSSR count). The minimum Gasteiger partial charge on any atom is -0.306 e. The molecule has 6 heteroatoms. The summed E-state index contributed by atoms with van der Waals surface area (Å²) in [6.45, 7) is 1.83. The second-order valence-electron chi connectivity index (χ2n) is 3.58. The van der Waals surface area contributed by atoms with Gasteiger partial charge < -0.3 is 5.32 Å². The maximum atomic E-state index is 11.7. The summed E-state index contributed by atoms with van der Waals surface area (Å²) in [6.07, 6.45) is 3.29. The van der Waals surface area contributed by atoms with Gasteiger partial charge in [-0.15, -0.1) is 0 Å². The topological polar surface area (TPSA) is 66.9 Å². The molecule has 5 nitrogen and oxygen atoms in total. The lowest BCUT2D eigenvalue weighted by Gasteiger charge is -2.08. The van der Waals surface area contributed by atoms with Gasteiger partial charge in [0, 0.05) is 16.9 Å². The molecule has 0 unspecified atom stereocenters. The molecule has 2 aromatic heterocycles. The van der Waals surface area contributed by atoms with Crippen LogP contribution in [-0.4, -0.2) is 16.0 Å². The van der Waals surface area contributed by atoms with Gasteiger partial charge in [0.15, 0.2) is 0 Å². The fourth-order valence-corrected chi connectivity index (χ4v) is 1.57. The molecular weight excluding hydrogens is 296 g/mol. The van der Waals surface area contributed by atoms with Crippen LogP contribution in [0.2, 0.25) is 0 Å². The monoisotopic (exact) mass is 306 g/mol. The average Bonchev–Trinajstić information content (AvgIpc) is 2.35. The van der Waals surface area contributed by atoms with Crippen LogP contribution < -0.4 is 10.6 Å². The Morgan fingerprint density at radius 1 is 1.22 bits per heavy atom. The van der Waals surface area contributed by atoms with Gasteiger partial charge in [-0.3, -0.25) is 10.3 Å². The van der Waals surface area contributed by atoms with E-state index in [9.17, 15) is 4.79 Å². The van der Waals surface area contributed by atoms with Gasteiger partial charge in [-0.05, 0) is 47.1 Å². The molecule has 2 heterocycles. The maximum Gasteiger partial charge on any atom is 0.324 e. The lowest BCUT2D eigenvalue weighted by atomic mass is 10.3. The van der Waals surface area contributed by atoms with Crippen LogP contribution in [0.3, 0.4) is 0 Å². The lowest BCUT2D eigenvalue weighted by molar-refractivity contribution is 0.262. The minimum atomic E-state index is -0.346. The van der Waals surface area contributed by atoms with Crippen LogP contribution >= 0.6 is 15.9 Å². The van der Waals surface area contributed by atoms with Crippen molar-refractivity contribution in [1.82, 2.24) is 9.97 Å². The third-order valence-corrected chi connectivity index (χ3v) is 2.69. The van der Waals surface area contributed by atoms with Gasteiger partial charge in [0.05, 0.1) is 11.4 Å². The molecule has 0 atom stereocenters. The van der Waals surface area contributed by atoms with Gasteiger partial charge >= 0.3 is 6.03 Å². The Morgan fingerprint density at radius 2 is 2.06 bits per heavy atom. The van der Waals surface area contributed by atoms with Crippen LogP contribution in [0.4, 0.5) is 16.3 Å². The standard InChI is InChI=1S/C12H11BrN4O/c1-8-10(3-2-6-14-8)16-12(18)17-11-5-4-9(13)7-15-11/h2-7H,1H3,(H2,15,16,17,18). The van der Waals surface area contributed by atoms with E-state index in [0.29, 0.717) is 11.5 Å². The van der Waals surface area contributed by atoms with Crippen molar-refractivity contribution in [3.05, 3.63) is 46.8 Å². The summed E-state index contributed by atoms with van der Waals surface area (Å²) < 4.78 is 0.858. The van der Waals surface area contributed by atoms with Gasteiger partial charge in [-0.1, -0.05) is 0 Å². The second kappa shape index (κ2) is 5.59. The average molecular weight is 307 g/mol. The Hall–Kier alpha value is -1.95. The molecule has 2 aromatic rings. The first-order valence-electron chi connectivity index (χ1n) is 5.26. The van der Waals surface area contributed by atoms with Gasteiger partial charge in [0.2, 0.25) is 0 Å². The predicted molar refractivity (Wildman–Crippen MR) is 73.6 cm³/mol. The van der Waals surface area contributed by atoms with Gasteiger partial charge in [-0.2, -0.15) is 0 Å². The molecule has 2 N–H and O–H groups in total. The molecule has 0 bridgehead atoms. The summed E-state index contributed by atoms with van der Waals surface area (Å²) in [5.41, 5.74) is 1.43. The highest BCUT2D eigenvalue weighted by atomic mass is 79.9. The molecule has 0 fully saturated rings. The fraction of sp³-hybridized carbons (Fsp3) is 0.0833. The lowest BCUT2D eigenvalue weighted by Crippen LogP contribution is -2.20. The van der Waals surface area contributed by atoms with Crippen LogP contribution in [-0.2, 0) is 0 Å². The van der Waals surface area contributed by atoms with Crippen molar-refractivity contribution >= 4 is 33.5 Å². The zero-order chi connectivity index (χ0) is 13.0. The van der Waals surface area contributed by atoms with E-state index < -0.39 is 0 Å². The van der Waals surface area contributed by atoms with E-state index in [4.69, 9.17) is 0 Å². The second-order valence-corrected chi connectivity index (χ2v) is 4.49. The van der Waals surface area contributed by atoms with Gasteiger partial charge in [0.25, 0.3) is 0 Å². The molecule has 0 aliphatic rings. The summed E-state index contributed by atoms with van der Waals surface area (Å²) in [4.78, 5) is 19.9. The number of hydrogen-bond donors (Lipinski definition) is 2. The number of rotatable bonds is 2. The summed E-state index contributed by atoms with van der Waals surface area (Å²) in [5, 5.41) is 5.34. The number of halogens is 1. The Kier molecular flexibility index (Phi) is 3.88. The summed E-state index contributed by atoms with van der Waals surface area (Å²) >= 11 is 3.28. The number of amides is 2. The molecule has 0 aliphatic carbocycles. The molecule has 0 aromatic carbocycles. The Bertz CT molecular complexity index is 556. The minimum absolute atomic E-state index is 0.346. The maximum absolute atomic E-state index is 11.7. The SMILES string of the molecule is Cc1ncccc1NC(=O)Nc1ccc(Br)cn1. The molecule has 0 spiro atoms. The molecule has 0 saturated heterocycles. The summed E-state index contributed by atoms with van der Waals surface area (Å²) in [5.74, 6) is 0.484. The fourth-order valence-electron chi connectivity index (χ4n) is 1.34. The van der Waals surface area contributed by atoms with E-state index >= 15 is 0 Å². The number of aromatic nitrogens is 2. The zero-order valence-corrected chi connectivity index (χ0v) is 11.2. The van der Waals surface area contributed by atoms with E-state index in [2.05, 4.69) is 36.5 Å². The van der Waals surface area contributed by atoms with E-state index in [0.717, 1.165) is 10.2 Å². The van der Waals surface area contributed by atoms with Crippen LogP contribution in [0.5, 0.6) is 0 Å². The molecule has 0 saturated carbocycles. The summed E-state index contributed by atoms with van der Waals surface area (Å²) in [7, 11) is 0. The van der Waals surface area contributed by atoms with E-state index in [-0.39, 0.29) is 6.03 Å². The number of carbonyl (C=O) groups is 1. The van der Waals surface area contributed by atoms with Gasteiger partial charge in [-0.25, -0.2) is 9.78 Å². The number of urea groups is 1. The van der Waals surface area contributed by atoms with Crippen LogP contribution in [0.25, 0.3) is 0 Å². The van der Waals surface area contributed by atoms with Crippen molar-refractivity contribution in [2.24, 2.45) is 0 Å². The largest absolute Gasteiger partial charge is 0.324 e. The number of nitrogens with zero attached hydrogens (tertiary/aromatic N) is 2. The highest BCUT2D eigenvalue weighted by molar-refractivity contribution is 9.10. The number of anilines is 2. The van der Waals surface area contributed by atoms with Crippen LogP contribution in [0, 0.1) is 6.92 Å². The van der Waals surface area contributed by atoms with E-state index in [1.54, 1.807) is 36.7 Å². The first-order valence-corrected chi connectivity index (χ1v) is 6.05. The van der Waals surface area contributed by atoms with Crippen LogP contribution in [0.15, 0.2) is 41.1 Å². The summed E-state index contributed by atoms with van der Waals surface area (Å²) in [6, 6.07) is 6.72. The Balaban J connectivity index is 2.01. The molecule has 18 heavy (non-hydrogen) atoms. The van der Waals surface area contributed by atoms with Crippen LogP contribution in [0.1, 0.15) is 5.69 Å². The molecule has 2 amide bonds. The van der Waals surface area contributed by atoms with E-state index in [1.807, 2.05) is 6.92 Å². The van der Waals surface area contributed by atoms with Crippen molar-refractivity contribution in [3.63, 3.8) is 0 Å². The predicted octanol–water partition coefficient (Wildman–Crippen LogP) is 3.19. The molecular formula is C12H11BrN4O. The molecule has 0 radical (unpaired) electrons. The number of nitrogens with one attached hydrogen (secondary N) is 2. The highest BCUT2D eigenvalue weighted by Crippen LogP contribution is 2.12.